The number of carbonyl (C=O) groups is 3. The molecule has 4 rings (SSSR count). The van der Waals surface area contributed by atoms with Gasteiger partial charge in [0.15, 0.2) is 6.29 Å². The van der Waals surface area contributed by atoms with Gasteiger partial charge in [-0.15, -0.1) is 0 Å². The fraction of sp³-hybridized carbons (Fsp3) is 0.273. The van der Waals surface area contributed by atoms with Crippen LogP contribution >= 0.6 is 11.6 Å². The number of nitrogens with one attached hydrogen (secondary N) is 1. The second-order valence-electron chi connectivity index (χ2n) is 7.56. The highest BCUT2D eigenvalue weighted by Crippen LogP contribution is 2.27. The Morgan fingerprint density at radius 1 is 1.25 bits per heavy atom. The van der Waals surface area contributed by atoms with Gasteiger partial charge in [-0.1, -0.05) is 23.7 Å². The first-order chi connectivity index (χ1) is 15.4. The van der Waals surface area contributed by atoms with E-state index in [-0.39, 0.29) is 47.9 Å². The van der Waals surface area contributed by atoms with Gasteiger partial charge in [0, 0.05) is 23.5 Å². The fourth-order valence-corrected chi connectivity index (χ4v) is 3.69. The van der Waals surface area contributed by atoms with E-state index in [1.807, 2.05) is 0 Å². The number of halogens is 3. The zero-order chi connectivity index (χ0) is 22.8. The van der Waals surface area contributed by atoms with Gasteiger partial charge in [-0.05, 0) is 37.1 Å². The molecule has 3 aromatic rings. The van der Waals surface area contributed by atoms with Crippen LogP contribution in [0.5, 0.6) is 0 Å². The molecule has 10 heteroatoms. The van der Waals surface area contributed by atoms with Crippen molar-refractivity contribution in [2.75, 3.05) is 6.54 Å². The van der Waals surface area contributed by atoms with Crippen molar-refractivity contribution in [3.05, 3.63) is 64.3 Å². The second-order valence-corrected chi connectivity index (χ2v) is 7.97. The maximum Gasteiger partial charge on any atom is 0.245 e. The highest BCUT2D eigenvalue weighted by Gasteiger charge is 2.34. The number of nitrogens with zero attached hydrogens (tertiary/aromatic N) is 3. The normalized spacial score (nSPS) is 13.2. The smallest absolute Gasteiger partial charge is 0.245 e. The average Bonchev–Trinajstić information content (AvgIpc) is 3.56. The molecular weight excluding hydrogens is 442 g/mol. The minimum absolute atomic E-state index is 0.0379. The molecule has 0 saturated heterocycles. The Kier molecular flexibility index (Phi) is 6.18. The Morgan fingerprint density at radius 2 is 2.03 bits per heavy atom. The standard InChI is InChI=1S/C22H19ClF2N4O3/c23-17-3-1-2-13(22(17)25)9-26-20(31)10-28(15-5-6-15)21(32)11-29-19-8-14(24)4-7-16(19)18(12-30)27-29/h1-4,7-8,12,15H,5-6,9-11H2,(H,26,31). The lowest BCUT2D eigenvalue weighted by Gasteiger charge is -2.22. The maximum atomic E-state index is 14.0. The van der Waals surface area contributed by atoms with Gasteiger partial charge in [-0.2, -0.15) is 5.10 Å². The molecule has 1 fully saturated rings. The molecule has 2 aromatic carbocycles. The van der Waals surface area contributed by atoms with Gasteiger partial charge in [-0.3, -0.25) is 19.1 Å². The molecule has 1 N–H and O–H groups in total. The molecule has 1 heterocycles. The van der Waals surface area contributed by atoms with Crippen LogP contribution in [0.4, 0.5) is 8.78 Å². The highest BCUT2D eigenvalue weighted by molar-refractivity contribution is 6.30. The van der Waals surface area contributed by atoms with Crippen LogP contribution in [-0.2, 0) is 22.7 Å². The minimum atomic E-state index is -0.603. The van der Waals surface area contributed by atoms with Crippen molar-refractivity contribution in [3.8, 4) is 0 Å². The first-order valence-corrected chi connectivity index (χ1v) is 10.4. The van der Waals surface area contributed by atoms with Gasteiger partial charge >= 0.3 is 0 Å². The summed E-state index contributed by atoms with van der Waals surface area (Å²) in [6.45, 7) is -0.524. The monoisotopic (exact) mass is 460 g/mol. The molecule has 1 aliphatic rings. The van der Waals surface area contributed by atoms with E-state index < -0.39 is 17.5 Å². The number of hydrogen-bond acceptors (Lipinski definition) is 4. The molecule has 1 aromatic heterocycles. The zero-order valence-electron chi connectivity index (χ0n) is 16.9. The molecular formula is C22H19ClF2N4O3. The molecule has 0 radical (unpaired) electrons. The number of benzene rings is 2. The lowest BCUT2D eigenvalue weighted by Crippen LogP contribution is -2.43. The summed E-state index contributed by atoms with van der Waals surface area (Å²) in [6, 6.07) is 8.28. The molecule has 0 aliphatic heterocycles. The van der Waals surface area contributed by atoms with Crippen molar-refractivity contribution in [1.29, 1.82) is 0 Å². The molecule has 0 atom stereocenters. The van der Waals surface area contributed by atoms with Crippen LogP contribution < -0.4 is 5.32 Å². The van der Waals surface area contributed by atoms with E-state index >= 15 is 0 Å². The average molecular weight is 461 g/mol. The number of carbonyl (C=O) groups excluding carboxylic acids is 3. The molecule has 0 bridgehead atoms. The fourth-order valence-electron chi connectivity index (χ4n) is 3.50. The Hall–Kier alpha value is -3.33. The second kappa shape index (κ2) is 9.04. The van der Waals surface area contributed by atoms with Crippen LogP contribution in [0.2, 0.25) is 5.02 Å². The third-order valence-corrected chi connectivity index (χ3v) is 5.56. The highest BCUT2D eigenvalue weighted by atomic mass is 35.5. The van der Waals surface area contributed by atoms with E-state index in [9.17, 15) is 23.2 Å². The molecule has 7 nitrogen and oxygen atoms in total. The Balaban J connectivity index is 1.45. The Bertz CT molecular complexity index is 1210. The number of amides is 2. The number of rotatable bonds is 8. The van der Waals surface area contributed by atoms with Gasteiger partial charge in [0.1, 0.15) is 23.9 Å². The summed E-state index contributed by atoms with van der Waals surface area (Å²) < 4.78 is 29.0. The molecule has 0 unspecified atom stereocenters. The zero-order valence-corrected chi connectivity index (χ0v) is 17.6. The van der Waals surface area contributed by atoms with Crippen LogP contribution in [0.15, 0.2) is 36.4 Å². The van der Waals surface area contributed by atoms with Crippen LogP contribution in [0.25, 0.3) is 10.9 Å². The summed E-state index contributed by atoms with van der Waals surface area (Å²) in [5.41, 5.74) is 0.658. The third-order valence-electron chi connectivity index (χ3n) is 5.27. The summed E-state index contributed by atoms with van der Waals surface area (Å²) in [5.74, 6) is -1.96. The molecule has 0 spiro atoms. The Morgan fingerprint density at radius 3 is 2.75 bits per heavy atom. The Labute approximate surface area is 186 Å². The third kappa shape index (κ3) is 4.62. The van der Waals surface area contributed by atoms with Crippen molar-refractivity contribution in [1.82, 2.24) is 20.0 Å². The molecule has 2 amide bonds. The predicted molar refractivity (Wildman–Crippen MR) is 113 cm³/mol. The quantitative estimate of drug-likeness (QED) is 0.523. The van der Waals surface area contributed by atoms with Gasteiger partial charge in [0.25, 0.3) is 0 Å². The van der Waals surface area contributed by atoms with Gasteiger partial charge in [-0.25, -0.2) is 8.78 Å². The van der Waals surface area contributed by atoms with Gasteiger partial charge in [0.05, 0.1) is 17.1 Å². The van der Waals surface area contributed by atoms with Crippen molar-refractivity contribution in [2.45, 2.75) is 32.0 Å². The number of aromatic nitrogens is 2. The summed E-state index contributed by atoms with van der Waals surface area (Å²) in [5, 5.41) is 7.10. The summed E-state index contributed by atoms with van der Waals surface area (Å²) in [7, 11) is 0. The van der Waals surface area contributed by atoms with Crippen LogP contribution in [-0.4, -0.2) is 45.4 Å². The van der Waals surface area contributed by atoms with Gasteiger partial charge in [0.2, 0.25) is 11.8 Å². The van der Waals surface area contributed by atoms with Crippen LogP contribution in [0, 0.1) is 11.6 Å². The summed E-state index contributed by atoms with van der Waals surface area (Å²) in [6.07, 6.45) is 2.06. The van der Waals surface area contributed by atoms with Crippen LogP contribution in [0.3, 0.4) is 0 Å². The first-order valence-electron chi connectivity index (χ1n) is 9.97. The van der Waals surface area contributed by atoms with E-state index in [1.165, 1.54) is 39.9 Å². The lowest BCUT2D eigenvalue weighted by molar-refractivity contribution is -0.137. The maximum absolute atomic E-state index is 14.0. The number of hydrogen-bond donors (Lipinski definition) is 1. The van der Waals surface area contributed by atoms with E-state index in [1.54, 1.807) is 6.07 Å². The topological polar surface area (TPSA) is 84.3 Å². The molecule has 166 valence electrons. The van der Waals surface area contributed by atoms with Crippen molar-refractivity contribution >= 4 is 40.6 Å². The van der Waals surface area contributed by atoms with E-state index in [2.05, 4.69) is 10.4 Å². The number of fused-ring (bicyclic) bond motifs is 1. The summed E-state index contributed by atoms with van der Waals surface area (Å²) >= 11 is 5.75. The minimum Gasteiger partial charge on any atom is -0.350 e. The molecule has 1 aliphatic carbocycles. The van der Waals surface area contributed by atoms with Crippen molar-refractivity contribution in [2.24, 2.45) is 0 Å². The lowest BCUT2D eigenvalue weighted by atomic mass is 10.2. The first kappa shape index (κ1) is 21.9. The van der Waals surface area contributed by atoms with Crippen molar-refractivity contribution in [3.63, 3.8) is 0 Å². The molecule has 32 heavy (non-hydrogen) atoms. The van der Waals surface area contributed by atoms with Gasteiger partial charge < -0.3 is 10.2 Å². The van der Waals surface area contributed by atoms with E-state index in [0.717, 1.165) is 12.8 Å². The number of aldehydes is 1. The van der Waals surface area contributed by atoms with Crippen LogP contribution in [0.1, 0.15) is 28.9 Å². The predicted octanol–water partition coefficient (Wildman–Crippen LogP) is 3.09. The largest absolute Gasteiger partial charge is 0.350 e. The summed E-state index contributed by atoms with van der Waals surface area (Å²) in [4.78, 5) is 38.1. The SMILES string of the molecule is O=Cc1nn(CC(=O)N(CC(=O)NCc2cccc(Cl)c2F)C2CC2)c2cc(F)ccc12. The van der Waals surface area contributed by atoms with E-state index in [0.29, 0.717) is 17.2 Å². The van der Waals surface area contributed by atoms with E-state index in [4.69, 9.17) is 11.6 Å². The van der Waals surface area contributed by atoms with Crippen molar-refractivity contribution < 1.29 is 23.2 Å². The molecule has 1 saturated carbocycles.